The van der Waals surface area contributed by atoms with E-state index in [1.807, 2.05) is 0 Å². The second-order valence-electron chi connectivity index (χ2n) is 1.82. The van der Waals surface area contributed by atoms with E-state index in [2.05, 4.69) is 18.7 Å². The molecule has 0 saturated carbocycles. The fourth-order valence-electron chi connectivity index (χ4n) is 0.722. The van der Waals surface area contributed by atoms with Gasteiger partial charge in [-0.3, -0.25) is 0 Å². The molecule has 0 heterocycles. The maximum atomic E-state index is 5.34. The highest BCUT2D eigenvalue weighted by atomic mass is 16.0. The van der Waals surface area contributed by atoms with Crippen LogP contribution in [-0.2, 0) is 0 Å². The quantitative estimate of drug-likeness (QED) is 0.561. The molecule has 0 amide bonds. The van der Waals surface area contributed by atoms with Crippen LogP contribution in [0.15, 0.2) is 0 Å². The van der Waals surface area contributed by atoms with Crippen molar-refractivity contribution < 1.29 is 5.48 Å². The Balaban J connectivity index is 0. The molecule has 0 aromatic carbocycles. The van der Waals surface area contributed by atoms with Crippen LogP contribution in [0.4, 0.5) is 0 Å². The van der Waals surface area contributed by atoms with E-state index in [1.165, 1.54) is 0 Å². The molecule has 3 heteroatoms. The predicted molar refractivity (Wildman–Crippen MR) is 40.5 cm³/mol. The van der Waals surface area contributed by atoms with E-state index in [4.69, 9.17) is 5.73 Å². The van der Waals surface area contributed by atoms with E-state index in [-0.39, 0.29) is 5.48 Å². The van der Waals surface area contributed by atoms with Gasteiger partial charge in [0.25, 0.3) is 0 Å². The van der Waals surface area contributed by atoms with E-state index >= 15 is 0 Å². The van der Waals surface area contributed by atoms with E-state index in [1.54, 1.807) is 0 Å². The first kappa shape index (κ1) is 11.6. The zero-order valence-electron chi connectivity index (χ0n) is 6.35. The van der Waals surface area contributed by atoms with Gasteiger partial charge >= 0.3 is 0 Å². The standard InChI is InChI=1S/C6H16N2.H2O/c1-3-8(4-2)6-5-7;/h3-7H2,1-2H3;1H2. The van der Waals surface area contributed by atoms with Crippen molar-refractivity contribution in [2.24, 2.45) is 5.73 Å². The Labute approximate surface area is 57.1 Å². The molecule has 0 aromatic heterocycles. The molecule has 0 spiro atoms. The zero-order chi connectivity index (χ0) is 6.41. The lowest BCUT2D eigenvalue weighted by Gasteiger charge is -2.15. The summed E-state index contributed by atoms with van der Waals surface area (Å²) in [6.07, 6.45) is 0. The first-order valence-corrected chi connectivity index (χ1v) is 3.27. The van der Waals surface area contributed by atoms with Gasteiger partial charge in [-0.15, -0.1) is 0 Å². The summed E-state index contributed by atoms with van der Waals surface area (Å²) in [6.45, 7) is 8.36. The fraction of sp³-hybridized carbons (Fsp3) is 1.00. The number of hydrogen-bond donors (Lipinski definition) is 1. The number of nitrogens with two attached hydrogens (primary N) is 1. The van der Waals surface area contributed by atoms with Crippen molar-refractivity contribution in [1.29, 1.82) is 0 Å². The highest BCUT2D eigenvalue weighted by molar-refractivity contribution is 4.50. The zero-order valence-corrected chi connectivity index (χ0v) is 6.35. The van der Waals surface area contributed by atoms with Crippen LogP contribution in [0.5, 0.6) is 0 Å². The summed E-state index contributed by atoms with van der Waals surface area (Å²) in [4.78, 5) is 2.31. The Morgan fingerprint density at radius 3 is 1.78 bits per heavy atom. The van der Waals surface area contributed by atoms with Gasteiger partial charge in [-0.25, -0.2) is 0 Å². The Morgan fingerprint density at radius 2 is 1.67 bits per heavy atom. The second-order valence-corrected chi connectivity index (χ2v) is 1.82. The van der Waals surface area contributed by atoms with Crippen LogP contribution >= 0.6 is 0 Å². The van der Waals surface area contributed by atoms with Crippen molar-refractivity contribution in [3.05, 3.63) is 0 Å². The molecular weight excluding hydrogens is 116 g/mol. The maximum absolute atomic E-state index is 5.34. The van der Waals surface area contributed by atoms with E-state index in [9.17, 15) is 0 Å². The topological polar surface area (TPSA) is 60.8 Å². The van der Waals surface area contributed by atoms with Crippen molar-refractivity contribution in [3.63, 3.8) is 0 Å². The highest BCUT2D eigenvalue weighted by Crippen LogP contribution is 1.81. The van der Waals surface area contributed by atoms with Gasteiger partial charge in [0.1, 0.15) is 0 Å². The van der Waals surface area contributed by atoms with Crippen molar-refractivity contribution in [3.8, 4) is 0 Å². The molecule has 0 rings (SSSR count). The monoisotopic (exact) mass is 134 g/mol. The average Bonchev–Trinajstić information content (AvgIpc) is 1.83. The molecule has 3 nitrogen and oxygen atoms in total. The molecule has 4 N–H and O–H groups in total. The van der Waals surface area contributed by atoms with Crippen LogP contribution in [-0.4, -0.2) is 36.6 Å². The van der Waals surface area contributed by atoms with Crippen molar-refractivity contribution in [2.75, 3.05) is 26.2 Å². The smallest absolute Gasteiger partial charge is 0.0104 e. The van der Waals surface area contributed by atoms with Gasteiger partial charge in [0, 0.05) is 13.1 Å². The van der Waals surface area contributed by atoms with Crippen molar-refractivity contribution >= 4 is 0 Å². The largest absolute Gasteiger partial charge is 0.412 e. The minimum atomic E-state index is 0. The van der Waals surface area contributed by atoms with Crippen LogP contribution < -0.4 is 5.73 Å². The van der Waals surface area contributed by atoms with Gasteiger partial charge in [-0.1, -0.05) is 13.8 Å². The number of likely N-dealkylation sites (N-methyl/N-ethyl adjacent to an activating group) is 1. The van der Waals surface area contributed by atoms with Gasteiger partial charge in [-0.2, -0.15) is 0 Å². The molecule has 0 aromatic rings. The molecule has 0 saturated heterocycles. The molecule has 0 aliphatic rings. The first-order chi connectivity index (χ1) is 3.85. The van der Waals surface area contributed by atoms with E-state index in [0.717, 1.165) is 26.2 Å². The SMILES string of the molecule is CCN(CC)CCN.O. The number of hydrogen-bond acceptors (Lipinski definition) is 2. The molecule has 58 valence electrons. The lowest BCUT2D eigenvalue weighted by atomic mass is 10.5. The summed E-state index contributed by atoms with van der Waals surface area (Å²) in [5, 5.41) is 0. The Kier molecular flexibility index (Phi) is 10.2. The van der Waals surface area contributed by atoms with Crippen molar-refractivity contribution in [1.82, 2.24) is 4.90 Å². The molecule has 9 heavy (non-hydrogen) atoms. The molecule has 0 radical (unpaired) electrons. The molecule has 0 unspecified atom stereocenters. The summed E-state index contributed by atoms with van der Waals surface area (Å²) in [5.41, 5.74) is 5.34. The summed E-state index contributed by atoms with van der Waals surface area (Å²) in [7, 11) is 0. The lowest BCUT2D eigenvalue weighted by molar-refractivity contribution is 0.312. The van der Waals surface area contributed by atoms with Gasteiger partial charge < -0.3 is 16.1 Å². The van der Waals surface area contributed by atoms with Gasteiger partial charge in [0.15, 0.2) is 0 Å². The third kappa shape index (κ3) is 5.76. The molecule has 0 fully saturated rings. The van der Waals surface area contributed by atoms with Crippen LogP contribution in [0, 0.1) is 0 Å². The van der Waals surface area contributed by atoms with Gasteiger partial charge in [0.05, 0.1) is 0 Å². The van der Waals surface area contributed by atoms with Crippen LogP contribution in [0.25, 0.3) is 0 Å². The minimum Gasteiger partial charge on any atom is -0.412 e. The average molecular weight is 134 g/mol. The first-order valence-electron chi connectivity index (χ1n) is 3.27. The molecule has 0 aliphatic heterocycles. The Hall–Kier alpha value is -0.120. The lowest BCUT2D eigenvalue weighted by Crippen LogP contribution is -2.28. The predicted octanol–water partition coefficient (Wildman–Crippen LogP) is -0.538. The Morgan fingerprint density at radius 1 is 1.22 bits per heavy atom. The van der Waals surface area contributed by atoms with Crippen molar-refractivity contribution in [2.45, 2.75) is 13.8 Å². The summed E-state index contributed by atoms with van der Waals surface area (Å²) < 4.78 is 0. The van der Waals surface area contributed by atoms with Gasteiger partial charge in [-0.05, 0) is 13.1 Å². The summed E-state index contributed by atoms with van der Waals surface area (Å²) >= 11 is 0. The maximum Gasteiger partial charge on any atom is 0.0104 e. The molecule has 0 bridgehead atoms. The fourth-order valence-corrected chi connectivity index (χ4v) is 0.722. The van der Waals surface area contributed by atoms with Crippen LogP contribution in [0.2, 0.25) is 0 Å². The summed E-state index contributed by atoms with van der Waals surface area (Å²) in [5.74, 6) is 0. The second kappa shape index (κ2) is 7.88. The molecule has 0 atom stereocenters. The summed E-state index contributed by atoms with van der Waals surface area (Å²) in [6, 6.07) is 0. The minimum absolute atomic E-state index is 0. The normalized spacial score (nSPS) is 9.33. The van der Waals surface area contributed by atoms with Gasteiger partial charge in [0.2, 0.25) is 0 Å². The third-order valence-electron chi connectivity index (χ3n) is 1.34. The third-order valence-corrected chi connectivity index (χ3v) is 1.34. The highest BCUT2D eigenvalue weighted by Gasteiger charge is 1.92. The number of rotatable bonds is 4. The van der Waals surface area contributed by atoms with E-state index in [0.29, 0.717) is 0 Å². The van der Waals surface area contributed by atoms with Crippen LogP contribution in [0.3, 0.4) is 0 Å². The Bertz CT molecular complexity index is 46.3. The molecular formula is C6H18N2O. The van der Waals surface area contributed by atoms with E-state index < -0.39 is 0 Å². The number of nitrogens with zero attached hydrogens (tertiary/aromatic N) is 1. The van der Waals surface area contributed by atoms with Crippen LogP contribution in [0.1, 0.15) is 13.8 Å². The molecule has 0 aliphatic carbocycles.